The summed E-state index contributed by atoms with van der Waals surface area (Å²) in [6, 6.07) is 7.67. The number of benzene rings is 1. The van der Waals surface area contributed by atoms with Crippen molar-refractivity contribution in [3.8, 4) is 5.69 Å². The summed E-state index contributed by atoms with van der Waals surface area (Å²) < 4.78 is 2.65. The fraction of sp³-hybridized carbons (Fsp3) is 0.100. The van der Waals surface area contributed by atoms with Gasteiger partial charge in [0.25, 0.3) is 0 Å². The van der Waals surface area contributed by atoms with Gasteiger partial charge in [0.05, 0.1) is 5.69 Å². The van der Waals surface area contributed by atoms with Crippen molar-refractivity contribution in [3.63, 3.8) is 0 Å². The van der Waals surface area contributed by atoms with E-state index in [1.54, 1.807) is 0 Å². The van der Waals surface area contributed by atoms with Crippen molar-refractivity contribution in [2.75, 3.05) is 5.73 Å². The van der Waals surface area contributed by atoms with Gasteiger partial charge >= 0.3 is 0 Å². The van der Waals surface area contributed by atoms with Crippen LogP contribution in [-0.4, -0.2) is 9.78 Å². The first-order valence-electron chi connectivity index (χ1n) is 4.24. The van der Waals surface area contributed by atoms with Crippen LogP contribution in [0, 0.1) is 6.92 Å². The minimum atomic E-state index is 0.775. The third-order valence-electron chi connectivity index (χ3n) is 2.02. The molecule has 0 amide bonds. The lowest BCUT2D eigenvalue weighted by atomic mass is 10.2. The molecule has 0 aliphatic carbocycles. The van der Waals surface area contributed by atoms with Crippen LogP contribution in [0.5, 0.6) is 0 Å². The molecule has 1 heterocycles. The van der Waals surface area contributed by atoms with Gasteiger partial charge in [0, 0.05) is 11.9 Å². The fourth-order valence-electron chi connectivity index (χ4n) is 1.37. The van der Waals surface area contributed by atoms with E-state index in [-0.39, 0.29) is 0 Å². The van der Waals surface area contributed by atoms with Gasteiger partial charge in [0.2, 0.25) is 0 Å². The second kappa shape index (κ2) is 3.46. The molecule has 72 valence electrons. The summed E-state index contributed by atoms with van der Waals surface area (Å²) in [5.74, 6) is 0. The Kier molecular flexibility index (Phi) is 2.29. The van der Waals surface area contributed by atoms with E-state index < -0.39 is 0 Å². The third kappa shape index (κ3) is 1.65. The topological polar surface area (TPSA) is 43.8 Å². The number of anilines is 1. The second-order valence-corrected chi connectivity index (χ2v) is 3.94. The van der Waals surface area contributed by atoms with Gasteiger partial charge in [-0.2, -0.15) is 5.10 Å². The maximum atomic E-state index is 5.67. The van der Waals surface area contributed by atoms with Crippen LogP contribution in [0.25, 0.3) is 5.69 Å². The van der Waals surface area contributed by atoms with E-state index in [1.807, 2.05) is 42.1 Å². The number of hydrogen-bond acceptors (Lipinski definition) is 2. The maximum absolute atomic E-state index is 5.67. The van der Waals surface area contributed by atoms with Gasteiger partial charge in [-0.1, -0.05) is 0 Å². The highest BCUT2D eigenvalue weighted by molar-refractivity contribution is 9.10. The summed E-state index contributed by atoms with van der Waals surface area (Å²) in [6.07, 6.45) is 1.91. The van der Waals surface area contributed by atoms with Crippen molar-refractivity contribution in [2.24, 2.45) is 0 Å². The molecule has 0 saturated carbocycles. The molecule has 2 rings (SSSR count). The molecule has 2 aromatic rings. The first-order chi connectivity index (χ1) is 6.66. The minimum absolute atomic E-state index is 0.775. The lowest BCUT2D eigenvalue weighted by Crippen LogP contribution is -1.98. The normalized spacial score (nSPS) is 10.4. The van der Waals surface area contributed by atoms with Crippen LogP contribution in [0.3, 0.4) is 0 Å². The van der Waals surface area contributed by atoms with E-state index in [1.165, 1.54) is 0 Å². The molecule has 0 aliphatic rings. The van der Waals surface area contributed by atoms with Crippen molar-refractivity contribution in [1.29, 1.82) is 0 Å². The molecule has 0 unspecified atom stereocenters. The molecule has 14 heavy (non-hydrogen) atoms. The monoisotopic (exact) mass is 251 g/mol. The molecular weight excluding hydrogens is 242 g/mol. The van der Waals surface area contributed by atoms with Gasteiger partial charge in [-0.25, -0.2) is 4.68 Å². The predicted molar refractivity (Wildman–Crippen MR) is 60.4 cm³/mol. The molecule has 1 aromatic carbocycles. The predicted octanol–water partition coefficient (Wildman–Crippen LogP) is 2.53. The molecule has 0 fully saturated rings. The largest absolute Gasteiger partial charge is 0.399 e. The first kappa shape index (κ1) is 9.27. The lowest BCUT2D eigenvalue weighted by Gasteiger charge is -2.05. The Morgan fingerprint density at radius 2 is 2.14 bits per heavy atom. The molecule has 1 aromatic heterocycles. The van der Waals surface area contributed by atoms with Gasteiger partial charge in [-0.3, -0.25) is 0 Å². The average Bonchev–Trinajstić information content (AvgIpc) is 2.51. The molecule has 2 N–H and O–H groups in total. The maximum Gasteiger partial charge on any atom is 0.128 e. The SMILES string of the molecule is Cc1cc(N)ccc1-n1ccc(Br)n1. The first-order valence-corrected chi connectivity index (χ1v) is 5.04. The van der Waals surface area contributed by atoms with Gasteiger partial charge in [0.15, 0.2) is 0 Å². The minimum Gasteiger partial charge on any atom is -0.399 e. The van der Waals surface area contributed by atoms with Gasteiger partial charge in [-0.15, -0.1) is 0 Å². The number of halogens is 1. The van der Waals surface area contributed by atoms with Gasteiger partial charge in [-0.05, 0) is 52.7 Å². The van der Waals surface area contributed by atoms with Crippen molar-refractivity contribution in [1.82, 2.24) is 9.78 Å². The second-order valence-electron chi connectivity index (χ2n) is 3.13. The Hall–Kier alpha value is -1.29. The summed E-state index contributed by atoms with van der Waals surface area (Å²) in [6.45, 7) is 2.02. The Morgan fingerprint density at radius 1 is 1.36 bits per heavy atom. The number of aryl methyl sites for hydroxylation is 1. The Balaban J connectivity index is 2.52. The molecular formula is C10H10BrN3. The molecule has 0 radical (unpaired) electrons. The zero-order chi connectivity index (χ0) is 10.1. The summed E-state index contributed by atoms with van der Waals surface area (Å²) in [4.78, 5) is 0. The quantitative estimate of drug-likeness (QED) is 0.792. The van der Waals surface area contributed by atoms with Crippen LogP contribution in [0.2, 0.25) is 0 Å². The Morgan fingerprint density at radius 3 is 2.71 bits per heavy atom. The van der Waals surface area contributed by atoms with E-state index in [2.05, 4.69) is 21.0 Å². The van der Waals surface area contributed by atoms with Crippen molar-refractivity contribution >= 4 is 21.6 Å². The molecule has 3 nitrogen and oxygen atoms in total. The van der Waals surface area contributed by atoms with E-state index in [0.717, 1.165) is 21.5 Å². The smallest absolute Gasteiger partial charge is 0.128 e. The molecule has 0 saturated heterocycles. The summed E-state index contributed by atoms with van der Waals surface area (Å²) >= 11 is 3.31. The van der Waals surface area contributed by atoms with Crippen LogP contribution in [-0.2, 0) is 0 Å². The van der Waals surface area contributed by atoms with Crippen molar-refractivity contribution in [2.45, 2.75) is 6.92 Å². The zero-order valence-electron chi connectivity index (χ0n) is 7.74. The summed E-state index contributed by atoms with van der Waals surface area (Å²) in [7, 11) is 0. The highest BCUT2D eigenvalue weighted by Crippen LogP contribution is 2.17. The number of nitrogens with zero attached hydrogens (tertiary/aromatic N) is 2. The number of aromatic nitrogens is 2. The van der Waals surface area contributed by atoms with Gasteiger partial charge in [0.1, 0.15) is 4.60 Å². The average molecular weight is 252 g/mol. The zero-order valence-corrected chi connectivity index (χ0v) is 9.32. The Labute approximate surface area is 90.7 Å². The standard InChI is InChI=1S/C10H10BrN3/c1-7-6-8(12)2-3-9(7)14-5-4-10(11)13-14/h2-6H,12H2,1H3. The summed E-state index contributed by atoms with van der Waals surface area (Å²) in [5, 5.41) is 4.26. The molecule has 0 aliphatic heterocycles. The summed E-state index contributed by atoms with van der Waals surface area (Å²) in [5.41, 5.74) is 8.61. The fourth-order valence-corrected chi connectivity index (χ4v) is 1.66. The van der Waals surface area contributed by atoms with Crippen molar-refractivity contribution < 1.29 is 0 Å². The van der Waals surface area contributed by atoms with Crippen LogP contribution in [0.1, 0.15) is 5.56 Å². The van der Waals surface area contributed by atoms with Crippen LogP contribution < -0.4 is 5.73 Å². The number of nitrogens with two attached hydrogens (primary N) is 1. The van der Waals surface area contributed by atoms with Gasteiger partial charge < -0.3 is 5.73 Å². The van der Waals surface area contributed by atoms with E-state index in [9.17, 15) is 0 Å². The van der Waals surface area contributed by atoms with E-state index in [4.69, 9.17) is 5.73 Å². The molecule has 0 atom stereocenters. The number of hydrogen-bond donors (Lipinski definition) is 1. The van der Waals surface area contributed by atoms with E-state index >= 15 is 0 Å². The highest BCUT2D eigenvalue weighted by atomic mass is 79.9. The highest BCUT2D eigenvalue weighted by Gasteiger charge is 2.02. The Bertz CT molecular complexity index is 462. The van der Waals surface area contributed by atoms with Crippen molar-refractivity contribution in [3.05, 3.63) is 40.6 Å². The lowest BCUT2D eigenvalue weighted by molar-refractivity contribution is 0.863. The number of nitrogen functional groups attached to an aromatic ring is 1. The third-order valence-corrected chi connectivity index (χ3v) is 2.45. The number of rotatable bonds is 1. The van der Waals surface area contributed by atoms with Crippen LogP contribution >= 0.6 is 15.9 Å². The molecule has 0 bridgehead atoms. The van der Waals surface area contributed by atoms with Crippen LogP contribution in [0.15, 0.2) is 35.1 Å². The molecule has 0 spiro atoms. The van der Waals surface area contributed by atoms with Crippen LogP contribution in [0.4, 0.5) is 5.69 Å². The molecule has 4 heteroatoms. The van der Waals surface area contributed by atoms with E-state index in [0.29, 0.717) is 0 Å².